The molecule has 2 N–H and O–H groups in total. The Labute approximate surface area is 107 Å². The molecule has 2 unspecified atom stereocenters. The average Bonchev–Trinajstić information content (AvgIpc) is 2.66. The summed E-state index contributed by atoms with van der Waals surface area (Å²) in [5.41, 5.74) is -1.31. The first-order chi connectivity index (χ1) is 9.08. The smallest absolute Gasteiger partial charge is 0.325 e. The molecule has 19 heavy (non-hydrogen) atoms. The van der Waals surface area contributed by atoms with Crippen molar-refractivity contribution in [3.8, 4) is 0 Å². The molecule has 1 saturated heterocycles. The van der Waals surface area contributed by atoms with Crippen LogP contribution in [0, 0.1) is 0 Å². The highest BCUT2D eigenvalue weighted by Crippen LogP contribution is 2.35. The van der Waals surface area contributed by atoms with E-state index in [2.05, 4.69) is 4.98 Å². The normalized spacial score (nSPS) is 30.7. The third-order valence-corrected chi connectivity index (χ3v) is 3.05. The van der Waals surface area contributed by atoms with Crippen molar-refractivity contribution in [2.24, 2.45) is 0 Å². The molecule has 106 valence electrons. The molecule has 0 spiro atoms. The summed E-state index contributed by atoms with van der Waals surface area (Å²) in [6, 6.07) is 0. The molecule has 0 bridgehead atoms. The van der Waals surface area contributed by atoms with Gasteiger partial charge in [-0.1, -0.05) is 0 Å². The predicted molar refractivity (Wildman–Crippen MR) is 62.9 cm³/mol. The van der Waals surface area contributed by atoms with E-state index in [9.17, 15) is 14.0 Å². The van der Waals surface area contributed by atoms with Crippen LogP contribution in [0.4, 0.5) is 4.39 Å². The number of hydrogen-bond donors (Lipinski definition) is 2. The van der Waals surface area contributed by atoms with Crippen LogP contribution in [0.1, 0.15) is 11.7 Å². The van der Waals surface area contributed by atoms with Gasteiger partial charge >= 0.3 is 5.69 Å². The quantitative estimate of drug-likeness (QED) is 0.772. The fourth-order valence-corrected chi connectivity index (χ4v) is 2.17. The van der Waals surface area contributed by atoms with Gasteiger partial charge in [0.25, 0.3) is 5.56 Å². The second-order valence-corrected chi connectivity index (χ2v) is 4.22. The van der Waals surface area contributed by atoms with Crippen LogP contribution in [-0.4, -0.2) is 49.2 Å². The standard InChI is InChI=1S/C11H15FN2O5/c1-17-4-6-9(18-2)7(12)8(19-6)5-3-13-11(16)14-10(5)15/h3,6-9H,4H2,1-2H3,(H2,13,14,15,16)/t6-,7?,8+,9?/m1/s1. The fraction of sp³-hybridized carbons (Fsp3) is 0.636. The molecule has 2 rings (SSSR count). The van der Waals surface area contributed by atoms with Crippen LogP contribution in [-0.2, 0) is 14.2 Å². The minimum absolute atomic E-state index is 0.0211. The van der Waals surface area contributed by atoms with Crippen LogP contribution in [0.5, 0.6) is 0 Å². The lowest BCUT2D eigenvalue weighted by atomic mass is 10.1. The summed E-state index contributed by atoms with van der Waals surface area (Å²) in [4.78, 5) is 26.9. The highest BCUT2D eigenvalue weighted by molar-refractivity contribution is 5.13. The van der Waals surface area contributed by atoms with Crippen LogP contribution >= 0.6 is 0 Å². The first-order valence-corrected chi connectivity index (χ1v) is 5.71. The van der Waals surface area contributed by atoms with Gasteiger partial charge in [0.2, 0.25) is 0 Å². The van der Waals surface area contributed by atoms with E-state index in [1.165, 1.54) is 14.2 Å². The summed E-state index contributed by atoms with van der Waals surface area (Å²) >= 11 is 0. The van der Waals surface area contributed by atoms with Gasteiger partial charge in [0.1, 0.15) is 18.3 Å². The van der Waals surface area contributed by atoms with Gasteiger partial charge in [-0.25, -0.2) is 9.18 Å². The van der Waals surface area contributed by atoms with Gasteiger partial charge in [-0.2, -0.15) is 0 Å². The zero-order chi connectivity index (χ0) is 14.0. The van der Waals surface area contributed by atoms with Gasteiger partial charge in [0.15, 0.2) is 6.17 Å². The predicted octanol–water partition coefficient (Wildman–Crippen LogP) is -0.497. The summed E-state index contributed by atoms with van der Waals surface area (Å²) in [5, 5.41) is 0. The minimum atomic E-state index is -1.52. The summed E-state index contributed by atoms with van der Waals surface area (Å²) in [6.07, 6.45) is -2.89. The van der Waals surface area contributed by atoms with Gasteiger partial charge in [0.05, 0.1) is 12.2 Å². The number of H-pyrrole nitrogens is 2. The van der Waals surface area contributed by atoms with E-state index in [1.807, 2.05) is 4.98 Å². The number of hydrogen-bond acceptors (Lipinski definition) is 5. The molecule has 1 fully saturated rings. The zero-order valence-electron chi connectivity index (χ0n) is 10.5. The molecule has 1 aliphatic heterocycles. The Morgan fingerprint density at radius 1 is 1.42 bits per heavy atom. The number of halogens is 1. The second-order valence-electron chi connectivity index (χ2n) is 4.22. The van der Waals surface area contributed by atoms with Crippen molar-refractivity contribution in [3.05, 3.63) is 32.6 Å². The Balaban J connectivity index is 2.30. The molecule has 0 saturated carbocycles. The Bertz CT molecular complexity index is 542. The molecule has 0 radical (unpaired) electrons. The number of nitrogens with one attached hydrogen (secondary N) is 2. The lowest BCUT2D eigenvalue weighted by Crippen LogP contribution is -2.33. The molecule has 1 aromatic heterocycles. The maximum atomic E-state index is 14.2. The maximum absolute atomic E-state index is 14.2. The maximum Gasteiger partial charge on any atom is 0.325 e. The number of methoxy groups -OCH3 is 2. The summed E-state index contributed by atoms with van der Waals surface area (Å²) < 4.78 is 29.7. The molecule has 0 aromatic carbocycles. The summed E-state index contributed by atoms with van der Waals surface area (Å²) in [7, 11) is 2.83. The minimum Gasteiger partial charge on any atom is -0.382 e. The number of ether oxygens (including phenoxy) is 3. The second kappa shape index (κ2) is 5.64. The van der Waals surface area contributed by atoms with E-state index >= 15 is 0 Å². The van der Waals surface area contributed by atoms with Gasteiger partial charge in [0, 0.05) is 20.4 Å². The monoisotopic (exact) mass is 274 g/mol. The Morgan fingerprint density at radius 3 is 2.74 bits per heavy atom. The zero-order valence-corrected chi connectivity index (χ0v) is 10.5. The van der Waals surface area contributed by atoms with Crippen molar-refractivity contribution in [2.75, 3.05) is 20.8 Å². The number of aromatic nitrogens is 2. The third-order valence-electron chi connectivity index (χ3n) is 3.05. The van der Waals surface area contributed by atoms with Crippen molar-refractivity contribution >= 4 is 0 Å². The Kier molecular flexibility index (Phi) is 4.13. The van der Waals surface area contributed by atoms with Crippen molar-refractivity contribution in [1.82, 2.24) is 9.97 Å². The first kappa shape index (κ1) is 13.9. The third kappa shape index (κ3) is 2.60. The van der Waals surface area contributed by atoms with E-state index < -0.39 is 35.7 Å². The Morgan fingerprint density at radius 2 is 2.16 bits per heavy atom. The number of aromatic amines is 2. The van der Waals surface area contributed by atoms with Gasteiger partial charge in [-0.05, 0) is 0 Å². The lowest BCUT2D eigenvalue weighted by molar-refractivity contribution is -0.0452. The van der Waals surface area contributed by atoms with Gasteiger partial charge in [-0.15, -0.1) is 0 Å². The molecular formula is C11H15FN2O5. The topological polar surface area (TPSA) is 93.4 Å². The first-order valence-electron chi connectivity index (χ1n) is 5.71. The van der Waals surface area contributed by atoms with Crippen molar-refractivity contribution in [3.63, 3.8) is 0 Å². The van der Waals surface area contributed by atoms with Gasteiger partial charge in [-0.3, -0.25) is 9.78 Å². The Hall–Kier alpha value is -1.51. The van der Waals surface area contributed by atoms with Crippen LogP contribution in [0.15, 0.2) is 15.8 Å². The van der Waals surface area contributed by atoms with Crippen molar-refractivity contribution in [2.45, 2.75) is 24.5 Å². The van der Waals surface area contributed by atoms with Crippen molar-refractivity contribution in [1.29, 1.82) is 0 Å². The molecule has 1 aromatic rings. The molecule has 1 aliphatic rings. The molecule has 8 heteroatoms. The summed E-state index contributed by atoms with van der Waals surface area (Å²) in [6.45, 7) is 0.149. The number of alkyl halides is 1. The molecule has 0 amide bonds. The molecule has 4 atom stereocenters. The largest absolute Gasteiger partial charge is 0.382 e. The van der Waals surface area contributed by atoms with E-state index in [-0.39, 0.29) is 12.2 Å². The van der Waals surface area contributed by atoms with Crippen molar-refractivity contribution < 1.29 is 18.6 Å². The van der Waals surface area contributed by atoms with E-state index in [0.717, 1.165) is 6.20 Å². The molecule has 7 nitrogen and oxygen atoms in total. The van der Waals surface area contributed by atoms with E-state index in [0.29, 0.717) is 0 Å². The van der Waals surface area contributed by atoms with Crippen LogP contribution in [0.3, 0.4) is 0 Å². The van der Waals surface area contributed by atoms with Crippen LogP contribution in [0.25, 0.3) is 0 Å². The molecular weight excluding hydrogens is 259 g/mol. The molecule has 0 aliphatic carbocycles. The highest BCUT2D eigenvalue weighted by Gasteiger charge is 2.47. The highest BCUT2D eigenvalue weighted by atomic mass is 19.1. The fourth-order valence-electron chi connectivity index (χ4n) is 2.17. The SMILES string of the molecule is COC[C@H]1O[C@@H](c2c[nH]c(=O)[nH]c2=O)C(F)C1OC. The summed E-state index contributed by atoms with van der Waals surface area (Å²) in [5.74, 6) is 0. The average molecular weight is 274 g/mol. The van der Waals surface area contributed by atoms with Crippen LogP contribution in [0.2, 0.25) is 0 Å². The molecule has 2 heterocycles. The number of rotatable bonds is 4. The van der Waals surface area contributed by atoms with E-state index in [4.69, 9.17) is 14.2 Å². The lowest BCUT2D eigenvalue weighted by Gasteiger charge is -2.16. The van der Waals surface area contributed by atoms with E-state index in [1.54, 1.807) is 0 Å². The van der Waals surface area contributed by atoms with Crippen LogP contribution < -0.4 is 11.2 Å². The van der Waals surface area contributed by atoms with Gasteiger partial charge < -0.3 is 19.2 Å².